The normalized spacial score (nSPS) is 43.3. The average molecular weight is 811 g/mol. The molecule has 1 aromatic rings. The first kappa shape index (κ1) is 41.4. The monoisotopic (exact) mass is 810 g/mol. The summed E-state index contributed by atoms with van der Waals surface area (Å²) in [7, 11) is 0.158. The number of likely N-dealkylation sites (tertiary alicyclic amines) is 1. The van der Waals surface area contributed by atoms with E-state index < -0.39 is 86.3 Å². The molecule has 2 saturated heterocycles. The highest BCUT2D eigenvalue weighted by Crippen LogP contribution is 2.80. The number of fused-ring (bicyclic) bond motifs is 2. The Balaban J connectivity index is 0.000000905. The van der Waals surface area contributed by atoms with Crippen molar-refractivity contribution >= 4 is 29.4 Å². The third-order valence-electron chi connectivity index (χ3n) is 14.6. The van der Waals surface area contributed by atoms with Crippen molar-refractivity contribution < 1.29 is 82.0 Å². The standard InChI is InChI=1S/C38H50N2O11.ClHO4/c1-7-39-17-35(18-50-33(44)21-10-8-9-11-24(21)40-27(42)14-19(2)32(40)43)13-12-26(48-5)37-23-15-22-25(47-4)16-36(45,28(23)29(22)51-20(3)41)38(46,34(37)39)31(49-6)30(35)37;2-1(3,4)5/h8-11,19,22-23,25-26,28-31,34,45-46H,7,12-18H2,1-6H3;(H,2,3,4,5)/t19?,22-,23-,25+,26+,28-,29+,30+,31+,34+,35+,36-,37?,38+;/m1./s1. The number of piperidine rings is 1. The van der Waals surface area contributed by atoms with Crippen molar-refractivity contribution in [3.05, 3.63) is 29.8 Å². The predicted molar refractivity (Wildman–Crippen MR) is 181 cm³/mol. The van der Waals surface area contributed by atoms with Gasteiger partial charge in [0.15, 0.2) is 0 Å². The highest BCUT2D eigenvalue weighted by atomic mass is 35.7. The van der Waals surface area contributed by atoms with Gasteiger partial charge >= 0.3 is 11.9 Å². The zero-order valence-corrected chi connectivity index (χ0v) is 33.0. The number of anilines is 1. The first-order valence-corrected chi connectivity index (χ1v) is 20.3. The van der Waals surface area contributed by atoms with Crippen LogP contribution in [0.1, 0.15) is 63.2 Å². The minimum Gasteiger partial charge on any atom is -0.462 e. The Labute approximate surface area is 326 Å². The Bertz CT molecular complexity index is 1750. The Morgan fingerprint density at radius 1 is 1.05 bits per heavy atom. The number of aliphatic hydroxyl groups is 2. The van der Waals surface area contributed by atoms with Crippen molar-refractivity contribution in [1.82, 2.24) is 4.90 Å². The molecule has 3 N–H and O–H groups in total. The molecule has 2 unspecified atom stereocenters. The van der Waals surface area contributed by atoms with Crippen LogP contribution in [0.15, 0.2) is 24.3 Å². The zero-order chi connectivity index (χ0) is 40.9. The second-order valence-electron chi connectivity index (χ2n) is 16.7. The van der Waals surface area contributed by atoms with Crippen LogP contribution in [0.3, 0.4) is 0 Å². The number of carbonyl (C=O) groups is 4. The van der Waals surface area contributed by atoms with Crippen molar-refractivity contribution in [3.8, 4) is 0 Å². The number of nitrogens with zero attached hydrogens (tertiary/aromatic N) is 2. The number of carbonyl (C=O) groups excluding carboxylic acids is 4. The smallest absolute Gasteiger partial charge is 0.340 e. The molecule has 2 heterocycles. The van der Waals surface area contributed by atoms with E-state index in [1.54, 1.807) is 52.5 Å². The van der Waals surface area contributed by atoms with Gasteiger partial charge in [-0.3, -0.25) is 19.3 Å². The van der Waals surface area contributed by atoms with Gasteiger partial charge in [0.2, 0.25) is 11.8 Å². The van der Waals surface area contributed by atoms with E-state index in [-0.39, 0.29) is 60.5 Å². The minimum absolute atomic E-state index is 0.0201. The molecule has 56 heavy (non-hydrogen) atoms. The van der Waals surface area contributed by atoms with Gasteiger partial charge in [-0.2, -0.15) is 14.0 Å². The fraction of sp³-hybridized carbons (Fsp3) is 0.737. The van der Waals surface area contributed by atoms with E-state index in [9.17, 15) is 29.4 Å². The van der Waals surface area contributed by atoms with Gasteiger partial charge < -0.3 is 33.9 Å². The van der Waals surface area contributed by atoms with Gasteiger partial charge in [0.05, 0.1) is 57.1 Å². The maximum absolute atomic E-state index is 14.1. The molecule has 1 aromatic carbocycles. The third-order valence-corrected chi connectivity index (χ3v) is 14.6. The molecule has 5 saturated carbocycles. The number of amides is 2. The average Bonchev–Trinajstić information content (AvgIpc) is 3.64. The van der Waals surface area contributed by atoms with E-state index in [0.717, 1.165) is 4.90 Å². The quantitative estimate of drug-likeness (QED) is 0.177. The fourth-order valence-electron chi connectivity index (χ4n) is 13.2. The number of methoxy groups -OCH3 is 3. The summed E-state index contributed by atoms with van der Waals surface area (Å²) in [6.07, 6.45) is -0.303. The molecule has 310 valence electrons. The van der Waals surface area contributed by atoms with Gasteiger partial charge in [-0.25, -0.2) is 9.69 Å². The van der Waals surface area contributed by atoms with Crippen molar-refractivity contribution in [2.24, 2.45) is 40.4 Å². The lowest BCUT2D eigenvalue weighted by molar-refractivity contribution is -1.92. The Kier molecular flexibility index (Phi) is 10.5. The van der Waals surface area contributed by atoms with Crippen LogP contribution >= 0.6 is 0 Å². The van der Waals surface area contributed by atoms with Crippen LogP contribution in [-0.2, 0) is 38.1 Å². The third kappa shape index (κ3) is 5.64. The summed E-state index contributed by atoms with van der Waals surface area (Å²) < 4.78 is 63.9. The van der Waals surface area contributed by atoms with Crippen LogP contribution in [0, 0.1) is 50.7 Å². The van der Waals surface area contributed by atoms with E-state index in [2.05, 4.69) is 4.90 Å². The first-order valence-electron chi connectivity index (χ1n) is 19.0. The van der Waals surface area contributed by atoms with Gasteiger partial charge in [0.1, 0.15) is 17.3 Å². The molecule has 7 fully saturated rings. The van der Waals surface area contributed by atoms with E-state index in [1.165, 1.54) is 6.92 Å². The molecule has 5 aliphatic carbocycles. The van der Waals surface area contributed by atoms with Crippen LogP contribution in [0.4, 0.5) is 5.69 Å². The van der Waals surface area contributed by atoms with Gasteiger partial charge in [-0.15, -0.1) is 0 Å². The van der Waals surface area contributed by atoms with Crippen molar-refractivity contribution in [2.45, 2.75) is 94.5 Å². The van der Waals surface area contributed by atoms with E-state index in [1.807, 2.05) is 6.92 Å². The Hall–Kier alpha value is -2.81. The number of hydrogen-bond acceptors (Lipinski definition) is 16. The van der Waals surface area contributed by atoms with E-state index in [4.69, 9.17) is 42.3 Å². The fourth-order valence-corrected chi connectivity index (χ4v) is 13.2. The van der Waals surface area contributed by atoms with Gasteiger partial charge in [0.25, 0.3) is 0 Å². The van der Waals surface area contributed by atoms with Crippen LogP contribution in [0.25, 0.3) is 0 Å². The van der Waals surface area contributed by atoms with Crippen LogP contribution in [0.2, 0.25) is 0 Å². The molecule has 2 amide bonds. The molecule has 8 rings (SSSR count). The second kappa shape index (κ2) is 14.2. The summed E-state index contributed by atoms with van der Waals surface area (Å²) in [4.78, 5) is 55.9. The largest absolute Gasteiger partial charge is 0.462 e. The van der Waals surface area contributed by atoms with Crippen LogP contribution in [0.5, 0.6) is 0 Å². The van der Waals surface area contributed by atoms with Crippen molar-refractivity contribution in [3.63, 3.8) is 0 Å². The predicted octanol–water partition coefficient (Wildman–Crippen LogP) is -2.17. The maximum atomic E-state index is 14.1. The minimum atomic E-state index is -4.69. The number of hydrogen-bond donors (Lipinski definition) is 3. The van der Waals surface area contributed by atoms with Gasteiger partial charge in [-0.05, 0) is 43.9 Å². The van der Waals surface area contributed by atoms with Crippen molar-refractivity contribution in [1.29, 1.82) is 0 Å². The van der Waals surface area contributed by atoms with Gasteiger partial charge in [-0.1, -0.05) is 26.0 Å². The molecular weight excluding hydrogens is 760 g/mol. The Morgan fingerprint density at radius 3 is 2.30 bits per heavy atom. The van der Waals surface area contributed by atoms with Crippen LogP contribution in [-0.4, -0.2) is 126 Å². The molecule has 14 atom stereocenters. The summed E-state index contributed by atoms with van der Waals surface area (Å²) in [5.74, 6) is -3.74. The number of benzene rings is 1. The topological polar surface area (TPSA) is 251 Å². The number of rotatable bonds is 9. The molecule has 2 aliphatic heterocycles. The summed E-state index contributed by atoms with van der Waals surface area (Å²) in [6.45, 7) is 6.10. The molecule has 17 nitrogen and oxygen atoms in total. The second-order valence-corrected chi connectivity index (χ2v) is 17.5. The number of imide groups is 1. The summed E-state index contributed by atoms with van der Waals surface area (Å²) in [6, 6.07) is 5.95. The van der Waals surface area contributed by atoms with E-state index in [0.29, 0.717) is 32.4 Å². The highest BCUT2D eigenvalue weighted by Gasteiger charge is 2.92. The van der Waals surface area contributed by atoms with Crippen LogP contribution < -0.4 is 18.9 Å². The Morgan fingerprint density at radius 2 is 1.73 bits per heavy atom. The lowest BCUT2D eigenvalue weighted by Crippen LogP contribution is -2.82. The summed E-state index contributed by atoms with van der Waals surface area (Å²) in [5.41, 5.74) is -4.72. The summed E-state index contributed by atoms with van der Waals surface area (Å²) >= 11 is 0. The maximum Gasteiger partial charge on any atom is 0.340 e. The number of ether oxygens (including phenoxy) is 5. The molecular formula is C38H51ClN2O15. The van der Waals surface area contributed by atoms with Gasteiger partial charge in [0, 0.05) is 82.1 Å². The summed E-state index contributed by atoms with van der Waals surface area (Å²) in [5, 5.41) is 26.7. The number of halogens is 1. The van der Waals surface area contributed by atoms with Crippen molar-refractivity contribution in [2.75, 3.05) is 45.9 Å². The molecule has 1 spiro atoms. The highest BCUT2D eigenvalue weighted by molar-refractivity contribution is 6.22. The molecule has 18 heteroatoms. The lowest BCUT2D eigenvalue weighted by Gasteiger charge is -2.70. The number of likely N-dealkylation sites (N-methyl/N-ethyl adjacent to an activating group) is 1. The molecule has 0 aromatic heterocycles. The number of para-hydroxylation sites is 1. The lowest BCUT2D eigenvalue weighted by atomic mass is 9.42. The number of esters is 2. The molecule has 7 bridgehead atoms. The first-order chi connectivity index (χ1) is 26.3. The molecule has 0 radical (unpaired) electrons. The van der Waals surface area contributed by atoms with E-state index >= 15 is 0 Å². The SMILES string of the molecule is CCN1C[C@]2(COC(=O)c3ccccc3N3C(=O)CC(C)C3=O)CC[C@H](OC)C34[C@@H]5C[C@H]6[C@H](OC(C)=O)[C@@H]5[C@](O)(C[C@@H]6OC)[C@](O)([C@@H](OC)[C@H]32)[C@@H]14.[O-][Cl+3]([O-])([O-])O. The molecule has 7 aliphatic rings. The zero-order valence-electron chi connectivity index (χ0n) is 32.3.